The zero-order valence-electron chi connectivity index (χ0n) is 8.41. The van der Waals surface area contributed by atoms with E-state index in [1.54, 1.807) is 0 Å². The van der Waals surface area contributed by atoms with Crippen LogP contribution in [0.15, 0.2) is 42.5 Å². The van der Waals surface area contributed by atoms with Gasteiger partial charge in [0.25, 0.3) is 0 Å². The molecular formula is C13H17Co+. The van der Waals surface area contributed by atoms with Gasteiger partial charge in [0.15, 0.2) is 0 Å². The first-order valence-corrected chi connectivity index (χ1v) is 5.03. The van der Waals surface area contributed by atoms with E-state index in [-0.39, 0.29) is 16.8 Å². The second-order valence-corrected chi connectivity index (χ2v) is 3.14. The van der Waals surface area contributed by atoms with E-state index in [2.05, 4.69) is 36.5 Å². The third-order valence-corrected chi connectivity index (χ3v) is 1.96. The summed E-state index contributed by atoms with van der Waals surface area (Å²) in [5, 5.41) is 0. The number of hydrogen-bond acceptors (Lipinski definition) is 0. The van der Waals surface area contributed by atoms with E-state index in [0.29, 0.717) is 0 Å². The third kappa shape index (κ3) is 8.08. The van der Waals surface area contributed by atoms with Gasteiger partial charge in [0.1, 0.15) is 0 Å². The normalized spacial score (nSPS) is 22.3. The van der Waals surface area contributed by atoms with Crippen molar-refractivity contribution in [2.75, 3.05) is 0 Å². The van der Waals surface area contributed by atoms with E-state index in [1.165, 1.54) is 25.7 Å². The first kappa shape index (κ1) is 13.5. The summed E-state index contributed by atoms with van der Waals surface area (Å²) in [6, 6.07) is 0. The van der Waals surface area contributed by atoms with Crippen molar-refractivity contribution in [3.63, 3.8) is 0 Å². The van der Waals surface area contributed by atoms with Gasteiger partial charge in [-0.2, -0.15) is 6.08 Å². The van der Waals surface area contributed by atoms with Crippen molar-refractivity contribution in [2.45, 2.75) is 32.1 Å². The molecule has 0 aromatic heterocycles. The molecule has 14 heavy (non-hydrogen) atoms. The molecule has 0 aromatic rings. The van der Waals surface area contributed by atoms with Crippen molar-refractivity contribution in [3.05, 3.63) is 48.6 Å². The van der Waals surface area contributed by atoms with E-state index in [9.17, 15) is 0 Å². The van der Waals surface area contributed by atoms with Crippen molar-refractivity contribution in [3.8, 4) is 0 Å². The molecule has 0 heterocycles. The summed E-state index contributed by atoms with van der Waals surface area (Å²) in [6.07, 6.45) is 24.0. The van der Waals surface area contributed by atoms with Crippen LogP contribution >= 0.6 is 0 Å². The maximum atomic E-state index is 2.99. The first-order chi connectivity index (χ1) is 6.50. The topological polar surface area (TPSA) is 0 Å². The maximum absolute atomic E-state index is 2.99. The summed E-state index contributed by atoms with van der Waals surface area (Å²) in [5.74, 6) is 0. The molecule has 1 heteroatoms. The van der Waals surface area contributed by atoms with Crippen LogP contribution in [-0.4, -0.2) is 0 Å². The van der Waals surface area contributed by atoms with Crippen LogP contribution in [0.3, 0.4) is 0 Å². The first-order valence-electron chi connectivity index (χ1n) is 5.03. The predicted octanol–water partition coefficient (Wildman–Crippen LogP) is 3.98. The van der Waals surface area contributed by atoms with Crippen molar-refractivity contribution < 1.29 is 16.8 Å². The molecule has 0 fully saturated rings. The molecule has 2 rings (SSSR count). The van der Waals surface area contributed by atoms with Gasteiger partial charge < -0.3 is 0 Å². The van der Waals surface area contributed by atoms with Crippen LogP contribution in [0.2, 0.25) is 0 Å². The molecular weight excluding hydrogens is 215 g/mol. The van der Waals surface area contributed by atoms with Crippen LogP contribution < -0.4 is 0 Å². The van der Waals surface area contributed by atoms with Gasteiger partial charge in [-0.05, 0) is 25.7 Å². The van der Waals surface area contributed by atoms with Crippen LogP contribution in [-0.2, 0) is 16.8 Å². The minimum atomic E-state index is 0. The summed E-state index contributed by atoms with van der Waals surface area (Å²) in [6.45, 7) is 0. The maximum Gasteiger partial charge on any atom is 2.00 e. The van der Waals surface area contributed by atoms with E-state index in [4.69, 9.17) is 0 Å². The summed E-state index contributed by atoms with van der Waals surface area (Å²) < 4.78 is 0. The van der Waals surface area contributed by atoms with Gasteiger partial charge in [0.05, 0.1) is 0 Å². The summed E-state index contributed by atoms with van der Waals surface area (Å²) in [4.78, 5) is 0. The molecule has 0 spiro atoms. The van der Waals surface area contributed by atoms with Crippen LogP contribution in [0.25, 0.3) is 0 Å². The van der Waals surface area contributed by atoms with Crippen LogP contribution in [0.4, 0.5) is 0 Å². The van der Waals surface area contributed by atoms with Crippen LogP contribution in [0.1, 0.15) is 32.1 Å². The van der Waals surface area contributed by atoms with Gasteiger partial charge in [0, 0.05) is 0 Å². The molecule has 0 atom stereocenters. The molecule has 0 unspecified atom stereocenters. The molecule has 1 radical (unpaired) electrons. The average molecular weight is 232 g/mol. The van der Waals surface area contributed by atoms with Crippen LogP contribution in [0, 0.1) is 6.08 Å². The molecule has 0 amide bonds. The quantitative estimate of drug-likeness (QED) is 0.554. The minimum absolute atomic E-state index is 0. The van der Waals surface area contributed by atoms with E-state index in [1.807, 2.05) is 12.2 Å². The molecule has 0 nitrogen and oxygen atoms in total. The van der Waals surface area contributed by atoms with Crippen molar-refractivity contribution in [1.29, 1.82) is 0 Å². The Morgan fingerprint density at radius 1 is 0.786 bits per heavy atom. The zero-order chi connectivity index (χ0) is 9.19. The van der Waals surface area contributed by atoms with E-state index in [0.717, 1.165) is 6.42 Å². The molecule has 0 saturated carbocycles. The van der Waals surface area contributed by atoms with E-state index >= 15 is 0 Å². The fourth-order valence-electron chi connectivity index (χ4n) is 1.21. The number of allylic oxidation sites excluding steroid dienone is 8. The molecule has 0 saturated heterocycles. The Balaban J connectivity index is 0.000000246. The molecule has 0 aromatic carbocycles. The van der Waals surface area contributed by atoms with E-state index < -0.39 is 0 Å². The molecule has 2 aliphatic carbocycles. The minimum Gasteiger partial charge on any atom is -0.273 e. The van der Waals surface area contributed by atoms with Gasteiger partial charge in [0.2, 0.25) is 0 Å². The molecule has 0 bridgehead atoms. The summed E-state index contributed by atoms with van der Waals surface area (Å²) in [5.41, 5.74) is 0. The van der Waals surface area contributed by atoms with Crippen molar-refractivity contribution in [1.82, 2.24) is 0 Å². The fourth-order valence-corrected chi connectivity index (χ4v) is 1.21. The standard InChI is InChI=1S/C8H12.C5H5.Co/c1-2-4-6-8-7-5-3-1;1-2-4-5-3-1;/h1-4H,5-8H2;1-3H,4H2;/q;-1;+2/b3-1-,4-2-;;. The Bertz CT molecular complexity index is 197. The monoisotopic (exact) mass is 232 g/mol. The SMILES string of the molecule is C1=C\CCCC\C=C/1.[C-]1=CC=CC1.[Co+2]. The van der Waals surface area contributed by atoms with Crippen molar-refractivity contribution >= 4 is 0 Å². The zero-order valence-corrected chi connectivity index (χ0v) is 9.45. The number of rotatable bonds is 0. The predicted molar refractivity (Wildman–Crippen MR) is 58.3 cm³/mol. The molecule has 2 aliphatic rings. The largest absolute Gasteiger partial charge is 2.00 e. The van der Waals surface area contributed by atoms with Gasteiger partial charge in [-0.25, -0.2) is 12.2 Å². The second-order valence-electron chi connectivity index (χ2n) is 3.14. The van der Waals surface area contributed by atoms with Gasteiger partial charge in [-0.3, -0.25) is 6.08 Å². The molecule has 77 valence electrons. The van der Waals surface area contributed by atoms with Crippen molar-refractivity contribution in [2.24, 2.45) is 0 Å². The van der Waals surface area contributed by atoms with Crippen LogP contribution in [0.5, 0.6) is 0 Å². The van der Waals surface area contributed by atoms with Gasteiger partial charge in [-0.1, -0.05) is 24.3 Å². The third-order valence-electron chi connectivity index (χ3n) is 1.96. The Labute approximate surface area is 97.7 Å². The fraction of sp³-hybridized carbons (Fsp3) is 0.385. The Morgan fingerprint density at radius 2 is 1.43 bits per heavy atom. The second kappa shape index (κ2) is 10.5. The Morgan fingerprint density at radius 3 is 1.79 bits per heavy atom. The summed E-state index contributed by atoms with van der Waals surface area (Å²) in [7, 11) is 0. The van der Waals surface area contributed by atoms with Gasteiger partial charge >= 0.3 is 16.8 Å². The smallest absolute Gasteiger partial charge is 0.273 e. The molecule has 0 aliphatic heterocycles. The molecule has 0 N–H and O–H groups in total. The van der Waals surface area contributed by atoms with Gasteiger partial charge in [-0.15, -0.1) is 6.42 Å². The Kier molecular flexibility index (Phi) is 10.1. The number of hydrogen-bond donors (Lipinski definition) is 0. The average Bonchev–Trinajstić information content (AvgIpc) is 2.58. The Hall–Kier alpha value is -0.534. The summed E-state index contributed by atoms with van der Waals surface area (Å²) >= 11 is 0.